The Bertz CT molecular complexity index is 260. The van der Waals surface area contributed by atoms with Crippen LogP contribution in [0.3, 0.4) is 0 Å². The minimum absolute atomic E-state index is 0.0752. The topological polar surface area (TPSA) is 0 Å². The first-order valence-electron chi connectivity index (χ1n) is 2.89. The molecule has 0 amide bonds. The molecule has 0 aliphatic carbocycles. The van der Waals surface area contributed by atoms with Gasteiger partial charge in [-0.15, -0.1) is 0 Å². The number of hydrogen-bond donors (Lipinski definition) is 0. The highest BCUT2D eigenvalue weighted by Crippen LogP contribution is 2.27. The highest BCUT2D eigenvalue weighted by atomic mass is 35.5. The quantitative estimate of drug-likeness (QED) is 0.655. The van der Waals surface area contributed by atoms with Crippen LogP contribution in [0.1, 0.15) is 5.56 Å². The van der Waals surface area contributed by atoms with Crippen molar-refractivity contribution in [1.29, 1.82) is 0 Å². The maximum Gasteiger partial charge on any atom is 0.126 e. The lowest BCUT2D eigenvalue weighted by Gasteiger charge is -1.96. The summed E-state index contributed by atoms with van der Waals surface area (Å²) < 4.78 is 0.0752. The Morgan fingerprint density at radius 2 is 2.00 bits per heavy atom. The zero-order valence-electron chi connectivity index (χ0n) is 5.44. The van der Waals surface area contributed by atoms with E-state index in [1.165, 1.54) is 0 Å². The van der Waals surface area contributed by atoms with Gasteiger partial charge in [0.1, 0.15) is 4.49 Å². The maximum atomic E-state index is 5.74. The largest absolute Gasteiger partial charge is 0.126 e. The number of rotatable bonds is 1. The van der Waals surface area contributed by atoms with Crippen molar-refractivity contribution in [3.05, 3.63) is 40.4 Å². The molecule has 0 heterocycles. The first-order valence-corrected chi connectivity index (χ1v) is 4.02. The minimum atomic E-state index is 0.0752. The van der Waals surface area contributed by atoms with Gasteiger partial charge in [0.15, 0.2) is 0 Å². The first kappa shape index (κ1) is 8.92. The Morgan fingerprint density at radius 1 is 1.27 bits per heavy atom. The number of benzene rings is 1. The molecule has 3 heteroatoms. The van der Waals surface area contributed by atoms with E-state index in [1.54, 1.807) is 12.1 Å². The summed E-state index contributed by atoms with van der Waals surface area (Å²) in [5.41, 5.74) is 0.772. The Balaban J connectivity index is 3.04. The molecule has 1 radical (unpaired) electrons. The molecule has 0 N–H and O–H groups in total. The average Bonchev–Trinajstić information content (AvgIpc) is 2.05. The molecule has 0 bridgehead atoms. The highest BCUT2D eigenvalue weighted by Gasteiger charge is 2.00. The Morgan fingerprint density at radius 3 is 2.45 bits per heavy atom. The second-order valence-electron chi connectivity index (χ2n) is 1.87. The Hall–Kier alpha value is -0.170. The molecule has 1 rings (SSSR count). The Kier molecular flexibility index (Phi) is 3.25. The third-order valence-corrected chi connectivity index (χ3v) is 2.11. The van der Waals surface area contributed by atoms with Crippen molar-refractivity contribution in [2.24, 2.45) is 0 Å². The van der Waals surface area contributed by atoms with Gasteiger partial charge in [-0.25, -0.2) is 0 Å². The number of hydrogen-bond acceptors (Lipinski definition) is 0. The first-order chi connectivity index (χ1) is 5.22. The molecule has 1 aromatic carbocycles. The van der Waals surface area contributed by atoms with Gasteiger partial charge in [0.05, 0.1) is 5.03 Å². The zero-order valence-corrected chi connectivity index (χ0v) is 7.71. The normalized spacial score (nSPS) is 9.36. The summed E-state index contributed by atoms with van der Waals surface area (Å²) in [6, 6.07) is 9.97. The predicted octanol–water partition coefficient (Wildman–Crippen LogP) is 3.83. The lowest BCUT2D eigenvalue weighted by atomic mass is 10.2. The van der Waals surface area contributed by atoms with Gasteiger partial charge in [0.2, 0.25) is 0 Å². The van der Waals surface area contributed by atoms with Crippen LogP contribution in [0.25, 0.3) is 5.03 Å². The van der Waals surface area contributed by atoms with Crippen LogP contribution in [-0.2, 0) is 0 Å². The van der Waals surface area contributed by atoms with Crippen molar-refractivity contribution in [3.8, 4) is 0 Å². The van der Waals surface area contributed by atoms with Crippen LogP contribution in [0.15, 0.2) is 28.8 Å². The molecule has 0 aromatic heterocycles. The monoisotopic (exact) mass is 205 g/mol. The van der Waals surface area contributed by atoms with E-state index in [0.29, 0.717) is 5.03 Å². The molecule has 0 saturated carbocycles. The van der Waals surface area contributed by atoms with E-state index in [1.807, 2.05) is 12.1 Å². The van der Waals surface area contributed by atoms with Crippen LogP contribution < -0.4 is 0 Å². The molecule has 0 aliphatic rings. The molecule has 0 aliphatic heterocycles. The average molecular weight is 206 g/mol. The summed E-state index contributed by atoms with van der Waals surface area (Å²) in [7, 11) is 0. The van der Waals surface area contributed by atoms with Gasteiger partial charge in [-0.1, -0.05) is 53.0 Å². The number of halogens is 3. The van der Waals surface area contributed by atoms with Gasteiger partial charge in [0, 0.05) is 0 Å². The van der Waals surface area contributed by atoms with Gasteiger partial charge in [-0.05, 0) is 17.7 Å². The lowest BCUT2D eigenvalue weighted by molar-refractivity contribution is 1.64. The van der Waals surface area contributed by atoms with E-state index in [-0.39, 0.29) is 4.49 Å². The third kappa shape index (κ3) is 2.41. The van der Waals surface area contributed by atoms with Gasteiger partial charge in [-0.3, -0.25) is 0 Å². The second-order valence-corrected chi connectivity index (χ2v) is 3.19. The zero-order chi connectivity index (χ0) is 8.27. The van der Waals surface area contributed by atoms with Gasteiger partial charge < -0.3 is 0 Å². The SMILES string of the molecule is ClC(Cl)=C(Cl)c1c[c]ccc1. The minimum Gasteiger partial charge on any atom is -0.0811 e. The predicted molar refractivity (Wildman–Crippen MR) is 49.8 cm³/mol. The van der Waals surface area contributed by atoms with Crippen LogP contribution in [0.4, 0.5) is 0 Å². The van der Waals surface area contributed by atoms with Crippen molar-refractivity contribution < 1.29 is 0 Å². The molecule has 0 unspecified atom stereocenters. The van der Waals surface area contributed by atoms with E-state index in [2.05, 4.69) is 6.07 Å². The summed E-state index contributed by atoms with van der Waals surface area (Å²) in [6.07, 6.45) is 0. The molecule has 57 valence electrons. The lowest BCUT2D eigenvalue weighted by Crippen LogP contribution is -1.74. The second kappa shape index (κ2) is 4.01. The van der Waals surface area contributed by atoms with Crippen molar-refractivity contribution >= 4 is 39.8 Å². The summed E-state index contributed by atoms with van der Waals surface area (Å²) in [6.45, 7) is 0. The maximum absolute atomic E-state index is 5.74. The van der Waals surface area contributed by atoms with E-state index in [9.17, 15) is 0 Å². The van der Waals surface area contributed by atoms with Crippen LogP contribution >= 0.6 is 34.8 Å². The molecular formula is C8H4Cl3. The highest BCUT2D eigenvalue weighted by molar-refractivity contribution is 6.66. The fourth-order valence-corrected chi connectivity index (χ4v) is 0.975. The van der Waals surface area contributed by atoms with Crippen molar-refractivity contribution in [1.82, 2.24) is 0 Å². The molecule has 0 spiro atoms. The molecule has 0 fully saturated rings. The smallest absolute Gasteiger partial charge is 0.0811 e. The third-order valence-electron chi connectivity index (χ3n) is 1.13. The molecule has 0 saturated heterocycles. The summed E-state index contributed by atoms with van der Waals surface area (Å²) in [4.78, 5) is 0. The van der Waals surface area contributed by atoms with Crippen LogP contribution in [0.2, 0.25) is 0 Å². The van der Waals surface area contributed by atoms with E-state index < -0.39 is 0 Å². The van der Waals surface area contributed by atoms with Crippen LogP contribution in [0.5, 0.6) is 0 Å². The molecule has 0 nitrogen and oxygen atoms in total. The molecule has 0 atom stereocenters. The van der Waals surface area contributed by atoms with E-state index in [0.717, 1.165) is 5.56 Å². The Labute approximate surface area is 80.4 Å². The van der Waals surface area contributed by atoms with E-state index in [4.69, 9.17) is 34.8 Å². The summed E-state index contributed by atoms with van der Waals surface area (Å²) in [5.74, 6) is 0. The van der Waals surface area contributed by atoms with Crippen molar-refractivity contribution in [2.75, 3.05) is 0 Å². The van der Waals surface area contributed by atoms with Gasteiger partial charge in [-0.2, -0.15) is 0 Å². The molecule has 1 aromatic rings. The van der Waals surface area contributed by atoms with Gasteiger partial charge >= 0.3 is 0 Å². The summed E-state index contributed by atoms with van der Waals surface area (Å²) >= 11 is 16.7. The van der Waals surface area contributed by atoms with Crippen LogP contribution in [0, 0.1) is 6.07 Å². The van der Waals surface area contributed by atoms with Crippen LogP contribution in [-0.4, -0.2) is 0 Å². The van der Waals surface area contributed by atoms with Crippen molar-refractivity contribution in [3.63, 3.8) is 0 Å². The summed E-state index contributed by atoms with van der Waals surface area (Å²) in [5, 5.41) is 0.352. The molecule has 11 heavy (non-hydrogen) atoms. The van der Waals surface area contributed by atoms with E-state index >= 15 is 0 Å². The standard InChI is InChI=1S/C8H4Cl3/c9-7(8(10)11)6-4-2-1-3-5-6/h1-2,4-5H. The molecular weight excluding hydrogens is 202 g/mol. The fraction of sp³-hybridized carbons (Fsp3) is 0. The van der Waals surface area contributed by atoms with Crippen molar-refractivity contribution in [2.45, 2.75) is 0 Å². The fourth-order valence-electron chi connectivity index (χ4n) is 0.639. The van der Waals surface area contributed by atoms with Gasteiger partial charge in [0.25, 0.3) is 0 Å².